The summed E-state index contributed by atoms with van der Waals surface area (Å²) >= 11 is 0. The molecule has 0 unspecified atom stereocenters. The first kappa shape index (κ1) is 18.8. The first-order chi connectivity index (χ1) is 13.5. The van der Waals surface area contributed by atoms with Crippen LogP contribution in [0.5, 0.6) is 11.5 Å². The first-order valence-electron chi connectivity index (χ1n) is 9.15. The van der Waals surface area contributed by atoms with Gasteiger partial charge < -0.3 is 18.8 Å². The summed E-state index contributed by atoms with van der Waals surface area (Å²) in [5.74, 6) is 1.34. The molecule has 1 saturated heterocycles. The van der Waals surface area contributed by atoms with Crippen LogP contribution in [0.15, 0.2) is 45.9 Å². The second kappa shape index (κ2) is 7.48. The number of amides is 1. The molecule has 150 valence electrons. The number of nitrogens with zero attached hydrogens (tertiary/aromatic N) is 2. The normalized spacial score (nSPS) is 19.5. The third kappa shape index (κ3) is 3.47. The molecule has 0 N–H and O–H groups in total. The number of hydrogen-bond acceptors (Lipinski definition) is 6. The summed E-state index contributed by atoms with van der Waals surface area (Å²) in [6, 6.07) is 7.37. The zero-order valence-corrected chi connectivity index (χ0v) is 16.4. The number of rotatable bonds is 5. The fourth-order valence-electron chi connectivity index (χ4n) is 3.56. The third-order valence-electron chi connectivity index (χ3n) is 4.96. The Bertz CT molecular complexity index is 957. The number of hydrogen-bond donors (Lipinski definition) is 0. The molecule has 1 atom stereocenters. The molecule has 0 aliphatic carbocycles. The summed E-state index contributed by atoms with van der Waals surface area (Å²) in [7, 11) is -2.18. The lowest BCUT2D eigenvalue weighted by Gasteiger charge is -2.27. The largest absolute Gasteiger partial charge is 0.486 e. The van der Waals surface area contributed by atoms with E-state index in [1.807, 2.05) is 0 Å². The Balaban J connectivity index is 1.55. The maximum absolute atomic E-state index is 13.2. The van der Waals surface area contributed by atoms with Gasteiger partial charge >= 0.3 is 0 Å². The highest BCUT2D eigenvalue weighted by molar-refractivity contribution is 7.89. The number of furan rings is 1. The lowest BCUT2D eigenvalue weighted by atomic mass is 10.2. The van der Waals surface area contributed by atoms with Crippen molar-refractivity contribution in [3.63, 3.8) is 0 Å². The predicted molar refractivity (Wildman–Crippen MR) is 99.5 cm³/mol. The maximum atomic E-state index is 13.2. The van der Waals surface area contributed by atoms with Gasteiger partial charge in [0.25, 0.3) is 0 Å². The summed E-state index contributed by atoms with van der Waals surface area (Å²) in [6.45, 7) is 1.41. The Morgan fingerprint density at radius 3 is 2.75 bits per heavy atom. The lowest BCUT2D eigenvalue weighted by Crippen LogP contribution is -2.46. The average molecular weight is 406 g/mol. The van der Waals surface area contributed by atoms with Crippen molar-refractivity contribution in [1.82, 2.24) is 9.21 Å². The van der Waals surface area contributed by atoms with Gasteiger partial charge in [0.05, 0.1) is 17.7 Å². The van der Waals surface area contributed by atoms with Gasteiger partial charge in [0, 0.05) is 19.7 Å². The van der Waals surface area contributed by atoms with Crippen LogP contribution >= 0.6 is 0 Å². The van der Waals surface area contributed by atoms with Crippen LogP contribution in [0.25, 0.3) is 0 Å². The fourth-order valence-corrected chi connectivity index (χ4v) is 5.23. The highest BCUT2D eigenvalue weighted by Gasteiger charge is 2.41. The quantitative estimate of drug-likeness (QED) is 0.753. The topological polar surface area (TPSA) is 89.3 Å². The monoisotopic (exact) mass is 406 g/mol. The second-order valence-corrected chi connectivity index (χ2v) is 8.74. The van der Waals surface area contributed by atoms with E-state index in [-0.39, 0.29) is 10.8 Å². The van der Waals surface area contributed by atoms with Crippen molar-refractivity contribution in [2.45, 2.75) is 30.3 Å². The summed E-state index contributed by atoms with van der Waals surface area (Å²) in [6.07, 6.45) is 2.67. The molecule has 0 spiro atoms. The van der Waals surface area contributed by atoms with E-state index in [2.05, 4.69) is 0 Å². The number of sulfonamides is 1. The van der Waals surface area contributed by atoms with E-state index in [4.69, 9.17) is 13.9 Å². The van der Waals surface area contributed by atoms with E-state index in [9.17, 15) is 13.2 Å². The van der Waals surface area contributed by atoms with Crippen LogP contribution in [0.3, 0.4) is 0 Å². The van der Waals surface area contributed by atoms with Gasteiger partial charge in [-0.1, -0.05) is 0 Å². The molecular formula is C19H22N2O6S. The van der Waals surface area contributed by atoms with Gasteiger partial charge in [-0.3, -0.25) is 4.79 Å². The van der Waals surface area contributed by atoms with Gasteiger partial charge in [0.1, 0.15) is 25.0 Å². The highest BCUT2D eigenvalue weighted by atomic mass is 32.2. The number of carbonyl (C=O) groups excluding carboxylic acids is 1. The molecule has 0 bridgehead atoms. The number of benzene rings is 1. The minimum absolute atomic E-state index is 0.102. The van der Waals surface area contributed by atoms with E-state index in [0.29, 0.717) is 56.4 Å². The van der Waals surface area contributed by atoms with Gasteiger partial charge in [0.15, 0.2) is 11.5 Å². The molecule has 9 heteroatoms. The Morgan fingerprint density at radius 1 is 1.21 bits per heavy atom. The third-order valence-corrected chi connectivity index (χ3v) is 6.86. The van der Waals surface area contributed by atoms with Gasteiger partial charge in [-0.15, -0.1) is 0 Å². The van der Waals surface area contributed by atoms with Crippen LogP contribution in [0.4, 0.5) is 0 Å². The molecule has 2 aliphatic heterocycles. The Kier molecular flexibility index (Phi) is 5.03. The van der Waals surface area contributed by atoms with Crippen molar-refractivity contribution in [2.24, 2.45) is 0 Å². The van der Waals surface area contributed by atoms with Crippen LogP contribution in [0.2, 0.25) is 0 Å². The molecule has 1 aromatic carbocycles. The van der Waals surface area contributed by atoms with Gasteiger partial charge in [-0.2, -0.15) is 4.31 Å². The molecule has 1 aromatic heterocycles. The first-order valence-corrected chi connectivity index (χ1v) is 10.6. The standard InChI is InChI=1S/C19H22N2O6S/c1-20(13-14-4-3-9-25-14)19(22)16-5-2-8-21(16)28(23,24)15-6-7-17-18(12-15)27-11-10-26-17/h3-4,6-7,9,12,16H,2,5,8,10-11,13H2,1H3/t16-/m0/s1. The number of ether oxygens (including phenoxy) is 2. The number of carbonyl (C=O) groups is 1. The van der Waals surface area contributed by atoms with Crippen molar-refractivity contribution in [3.05, 3.63) is 42.4 Å². The van der Waals surface area contributed by atoms with E-state index < -0.39 is 16.1 Å². The van der Waals surface area contributed by atoms with Gasteiger partial charge in [-0.05, 0) is 37.1 Å². The molecule has 1 amide bonds. The molecule has 0 radical (unpaired) electrons. The van der Waals surface area contributed by atoms with E-state index in [1.165, 1.54) is 21.3 Å². The minimum Gasteiger partial charge on any atom is -0.486 e. The van der Waals surface area contributed by atoms with Crippen molar-refractivity contribution >= 4 is 15.9 Å². The average Bonchev–Trinajstić information content (AvgIpc) is 3.39. The van der Waals surface area contributed by atoms with Crippen molar-refractivity contribution in [2.75, 3.05) is 26.8 Å². The van der Waals surface area contributed by atoms with Gasteiger partial charge in [0.2, 0.25) is 15.9 Å². The summed E-state index contributed by atoms with van der Waals surface area (Å²) < 4.78 is 44.0. The van der Waals surface area contributed by atoms with Crippen molar-refractivity contribution in [1.29, 1.82) is 0 Å². The van der Waals surface area contributed by atoms with E-state index >= 15 is 0 Å². The van der Waals surface area contributed by atoms with Crippen LogP contribution in [0.1, 0.15) is 18.6 Å². The lowest BCUT2D eigenvalue weighted by molar-refractivity contribution is -0.134. The molecule has 28 heavy (non-hydrogen) atoms. The van der Waals surface area contributed by atoms with Crippen LogP contribution in [-0.4, -0.2) is 56.4 Å². The van der Waals surface area contributed by atoms with Crippen molar-refractivity contribution in [3.8, 4) is 11.5 Å². The Hall–Kier alpha value is -2.52. The predicted octanol–water partition coefficient (Wildman–Crippen LogP) is 1.86. The molecule has 2 aromatic rings. The smallest absolute Gasteiger partial charge is 0.243 e. The molecule has 8 nitrogen and oxygen atoms in total. The summed E-state index contributed by atoms with van der Waals surface area (Å²) in [4.78, 5) is 14.5. The molecular weight excluding hydrogens is 384 g/mol. The molecule has 2 aliphatic rings. The molecule has 4 rings (SSSR count). The molecule has 0 saturated carbocycles. The Labute approximate surface area is 163 Å². The van der Waals surface area contributed by atoms with Crippen molar-refractivity contribution < 1.29 is 27.1 Å². The summed E-state index contributed by atoms with van der Waals surface area (Å²) in [5.41, 5.74) is 0. The summed E-state index contributed by atoms with van der Waals surface area (Å²) in [5, 5.41) is 0. The Morgan fingerprint density at radius 2 is 2.00 bits per heavy atom. The van der Waals surface area contributed by atoms with Crippen LogP contribution < -0.4 is 9.47 Å². The number of likely N-dealkylation sites (N-methyl/N-ethyl adjacent to an activating group) is 1. The second-order valence-electron chi connectivity index (χ2n) is 6.85. The highest BCUT2D eigenvalue weighted by Crippen LogP contribution is 2.35. The van der Waals surface area contributed by atoms with E-state index in [1.54, 1.807) is 31.5 Å². The molecule has 1 fully saturated rings. The van der Waals surface area contributed by atoms with Gasteiger partial charge in [-0.25, -0.2) is 8.42 Å². The zero-order valence-electron chi connectivity index (χ0n) is 15.5. The maximum Gasteiger partial charge on any atom is 0.243 e. The zero-order chi connectivity index (χ0) is 19.7. The van der Waals surface area contributed by atoms with Crippen LogP contribution in [-0.2, 0) is 21.4 Å². The molecule has 3 heterocycles. The number of fused-ring (bicyclic) bond motifs is 1. The SMILES string of the molecule is CN(Cc1ccco1)C(=O)[C@@H]1CCCN1S(=O)(=O)c1ccc2c(c1)OCCO2. The van der Waals surface area contributed by atoms with E-state index in [0.717, 1.165) is 0 Å². The minimum atomic E-state index is -3.84. The van der Waals surface area contributed by atoms with Crippen LogP contribution in [0, 0.1) is 0 Å². The fraction of sp³-hybridized carbons (Fsp3) is 0.421.